The molecule has 2 rings (SSSR count). The zero-order valence-corrected chi connectivity index (χ0v) is 11.4. The van der Waals surface area contributed by atoms with Gasteiger partial charge in [0.05, 0.1) is 12.5 Å². The van der Waals surface area contributed by atoms with E-state index in [0.29, 0.717) is 18.7 Å². The largest absolute Gasteiger partial charge is 0.504 e. The molecule has 0 aliphatic carbocycles. The first kappa shape index (κ1) is 15.1. The molecule has 1 aliphatic rings. The number of aromatic hydroxyl groups is 2. The number of hydrogen-bond acceptors (Lipinski definition) is 5. The monoisotopic (exact) mass is 294 g/mol. The van der Waals surface area contributed by atoms with Gasteiger partial charge in [-0.15, -0.1) is 0 Å². The molecule has 0 aromatic heterocycles. The first-order chi connectivity index (χ1) is 9.86. The quantitative estimate of drug-likeness (QED) is 0.562. The van der Waals surface area contributed by atoms with Crippen LogP contribution in [0.1, 0.15) is 12.0 Å². The lowest BCUT2D eigenvalue weighted by molar-refractivity contribution is -0.145. The second-order valence-electron chi connectivity index (χ2n) is 5.34. The lowest BCUT2D eigenvalue weighted by atomic mass is 9.94. The van der Waals surface area contributed by atoms with Gasteiger partial charge in [-0.2, -0.15) is 0 Å². The average molecular weight is 294 g/mol. The van der Waals surface area contributed by atoms with Crippen molar-refractivity contribution in [2.45, 2.75) is 18.9 Å². The molecule has 114 valence electrons. The topological polar surface area (TPSA) is 124 Å². The molecule has 5 N–H and O–H groups in total. The number of benzene rings is 1. The summed E-state index contributed by atoms with van der Waals surface area (Å²) in [4.78, 5) is 24.1. The predicted octanol–water partition coefficient (Wildman–Crippen LogP) is -0.0993. The van der Waals surface area contributed by atoms with Gasteiger partial charge in [0.15, 0.2) is 11.5 Å². The fourth-order valence-corrected chi connectivity index (χ4v) is 2.40. The Kier molecular flexibility index (Phi) is 4.32. The van der Waals surface area contributed by atoms with Crippen molar-refractivity contribution in [2.24, 2.45) is 11.7 Å². The minimum Gasteiger partial charge on any atom is -0.504 e. The summed E-state index contributed by atoms with van der Waals surface area (Å²) < 4.78 is 0. The number of rotatable bonds is 5. The van der Waals surface area contributed by atoms with Crippen LogP contribution in [-0.2, 0) is 16.0 Å². The highest BCUT2D eigenvalue weighted by atomic mass is 16.4. The number of carbonyl (C=O) groups excluding carboxylic acids is 1. The fourth-order valence-electron chi connectivity index (χ4n) is 2.40. The number of hydrogen-bond donors (Lipinski definition) is 4. The number of carboxylic acids is 1. The molecule has 0 spiro atoms. The molecule has 1 aromatic rings. The van der Waals surface area contributed by atoms with Crippen molar-refractivity contribution >= 4 is 11.9 Å². The molecular formula is C14H18N2O5. The summed E-state index contributed by atoms with van der Waals surface area (Å²) in [6.45, 7) is 0.833. The van der Waals surface area contributed by atoms with Crippen LogP contribution in [0, 0.1) is 5.92 Å². The number of carbonyl (C=O) groups is 2. The Bertz CT molecular complexity index is 554. The van der Waals surface area contributed by atoms with E-state index in [1.165, 1.54) is 12.1 Å². The lowest BCUT2D eigenvalue weighted by Gasteiger charge is -2.39. The maximum absolute atomic E-state index is 12.1. The zero-order chi connectivity index (χ0) is 15.6. The number of phenolic OH excluding ortho intramolecular Hbond substituents is 2. The van der Waals surface area contributed by atoms with Crippen LogP contribution in [-0.4, -0.2) is 51.2 Å². The molecule has 7 heteroatoms. The summed E-state index contributed by atoms with van der Waals surface area (Å²) in [6, 6.07) is 3.55. The summed E-state index contributed by atoms with van der Waals surface area (Å²) in [6.07, 6.45) is 0.303. The molecule has 21 heavy (non-hydrogen) atoms. The van der Waals surface area contributed by atoms with Crippen molar-refractivity contribution in [3.05, 3.63) is 23.8 Å². The van der Waals surface area contributed by atoms with Gasteiger partial charge in [0, 0.05) is 19.0 Å². The third-order valence-corrected chi connectivity index (χ3v) is 3.54. The lowest BCUT2D eigenvalue weighted by Crippen LogP contribution is -2.56. The standard InChI is InChI=1S/C14H18N2O5/c15-10(3-8-1-2-11(17)12(18)4-8)14(21)16-6-9(7-16)5-13(19)20/h1-2,4,9-10,17-18H,3,5-7,15H2,(H,19,20)/t10-/m0/s1. The maximum Gasteiger partial charge on any atom is 0.303 e. The van der Waals surface area contributed by atoms with E-state index >= 15 is 0 Å². The Morgan fingerprint density at radius 2 is 1.95 bits per heavy atom. The molecular weight excluding hydrogens is 276 g/mol. The van der Waals surface area contributed by atoms with Gasteiger partial charge in [-0.05, 0) is 24.1 Å². The second kappa shape index (κ2) is 6.01. The number of amides is 1. The van der Waals surface area contributed by atoms with E-state index in [4.69, 9.17) is 10.8 Å². The van der Waals surface area contributed by atoms with Gasteiger partial charge in [-0.25, -0.2) is 0 Å². The van der Waals surface area contributed by atoms with Crippen LogP contribution in [0.5, 0.6) is 11.5 Å². The number of aliphatic carboxylic acids is 1. The van der Waals surface area contributed by atoms with E-state index in [2.05, 4.69) is 0 Å². The number of nitrogens with two attached hydrogens (primary N) is 1. The summed E-state index contributed by atoms with van der Waals surface area (Å²) in [7, 11) is 0. The third-order valence-electron chi connectivity index (χ3n) is 3.54. The zero-order valence-electron chi connectivity index (χ0n) is 11.4. The van der Waals surface area contributed by atoms with Gasteiger partial charge < -0.3 is 26.0 Å². The van der Waals surface area contributed by atoms with E-state index in [1.54, 1.807) is 11.0 Å². The highest BCUT2D eigenvalue weighted by Crippen LogP contribution is 2.26. The van der Waals surface area contributed by atoms with Crippen LogP contribution in [0.15, 0.2) is 18.2 Å². The SMILES string of the molecule is N[C@@H](Cc1ccc(O)c(O)c1)C(=O)N1CC(CC(=O)O)C1. The normalized spacial score (nSPS) is 16.3. The molecule has 1 amide bonds. The summed E-state index contributed by atoms with van der Waals surface area (Å²) >= 11 is 0. The van der Waals surface area contributed by atoms with Gasteiger partial charge in [0.25, 0.3) is 0 Å². The molecule has 1 fully saturated rings. The van der Waals surface area contributed by atoms with Gasteiger partial charge in [-0.1, -0.05) is 6.07 Å². The average Bonchev–Trinajstić information content (AvgIpc) is 2.36. The predicted molar refractivity (Wildman–Crippen MR) is 73.8 cm³/mol. The molecule has 1 heterocycles. The van der Waals surface area contributed by atoms with E-state index in [9.17, 15) is 19.8 Å². The van der Waals surface area contributed by atoms with E-state index in [-0.39, 0.29) is 36.2 Å². The van der Waals surface area contributed by atoms with Crippen molar-refractivity contribution < 1.29 is 24.9 Å². The van der Waals surface area contributed by atoms with Gasteiger partial charge >= 0.3 is 5.97 Å². The van der Waals surface area contributed by atoms with Crippen LogP contribution in [0.4, 0.5) is 0 Å². The summed E-state index contributed by atoms with van der Waals surface area (Å²) in [5.41, 5.74) is 6.49. The minimum atomic E-state index is -0.865. The van der Waals surface area contributed by atoms with Crippen molar-refractivity contribution in [2.75, 3.05) is 13.1 Å². The van der Waals surface area contributed by atoms with E-state index in [1.807, 2.05) is 0 Å². The van der Waals surface area contributed by atoms with Crippen molar-refractivity contribution in [1.82, 2.24) is 4.90 Å². The Morgan fingerprint density at radius 3 is 2.52 bits per heavy atom. The fraction of sp³-hybridized carbons (Fsp3) is 0.429. The molecule has 1 saturated heterocycles. The van der Waals surface area contributed by atoms with Crippen molar-refractivity contribution in [3.63, 3.8) is 0 Å². The van der Waals surface area contributed by atoms with Gasteiger partial charge in [-0.3, -0.25) is 9.59 Å². The molecule has 1 aromatic carbocycles. The first-order valence-corrected chi connectivity index (χ1v) is 6.64. The van der Waals surface area contributed by atoms with Gasteiger partial charge in [0.1, 0.15) is 0 Å². The van der Waals surface area contributed by atoms with Crippen molar-refractivity contribution in [3.8, 4) is 11.5 Å². The Morgan fingerprint density at radius 1 is 1.29 bits per heavy atom. The smallest absolute Gasteiger partial charge is 0.303 e. The number of phenols is 2. The van der Waals surface area contributed by atoms with Crippen LogP contribution < -0.4 is 5.73 Å². The first-order valence-electron chi connectivity index (χ1n) is 6.64. The summed E-state index contributed by atoms with van der Waals surface area (Å²) in [5, 5.41) is 27.3. The molecule has 0 bridgehead atoms. The van der Waals surface area contributed by atoms with Crippen LogP contribution >= 0.6 is 0 Å². The minimum absolute atomic E-state index is 0.00336. The van der Waals surface area contributed by atoms with E-state index in [0.717, 1.165) is 0 Å². The summed E-state index contributed by atoms with van der Waals surface area (Å²) in [5.74, 6) is -1.58. The highest BCUT2D eigenvalue weighted by Gasteiger charge is 2.34. The van der Waals surface area contributed by atoms with Crippen LogP contribution in [0.2, 0.25) is 0 Å². The number of carboxylic acid groups (broad SMARTS) is 1. The second-order valence-corrected chi connectivity index (χ2v) is 5.34. The van der Waals surface area contributed by atoms with Gasteiger partial charge in [0.2, 0.25) is 5.91 Å². The Labute approximate surface area is 121 Å². The molecule has 0 radical (unpaired) electrons. The Hall–Kier alpha value is -2.28. The third kappa shape index (κ3) is 3.63. The number of nitrogens with zero attached hydrogens (tertiary/aromatic N) is 1. The maximum atomic E-state index is 12.1. The molecule has 1 atom stereocenters. The molecule has 7 nitrogen and oxygen atoms in total. The molecule has 1 aliphatic heterocycles. The van der Waals surface area contributed by atoms with E-state index < -0.39 is 12.0 Å². The van der Waals surface area contributed by atoms with Crippen LogP contribution in [0.3, 0.4) is 0 Å². The van der Waals surface area contributed by atoms with Crippen LogP contribution in [0.25, 0.3) is 0 Å². The van der Waals surface area contributed by atoms with Crippen molar-refractivity contribution in [1.29, 1.82) is 0 Å². The Balaban J connectivity index is 1.86. The molecule has 0 saturated carbocycles. The highest BCUT2D eigenvalue weighted by molar-refractivity contribution is 5.83. The molecule has 0 unspecified atom stereocenters. The number of likely N-dealkylation sites (tertiary alicyclic amines) is 1.